The molecule has 1 rings (SSSR count). The molecule has 0 saturated carbocycles. The lowest BCUT2D eigenvalue weighted by atomic mass is 9.81. The minimum absolute atomic E-state index is 0.227. The van der Waals surface area contributed by atoms with E-state index in [1.54, 1.807) is 32.9 Å². The zero-order valence-corrected chi connectivity index (χ0v) is 15.9. The van der Waals surface area contributed by atoms with E-state index in [4.69, 9.17) is 0 Å². The van der Waals surface area contributed by atoms with Crippen LogP contribution in [-0.2, 0) is 0 Å². The van der Waals surface area contributed by atoms with Crippen LogP contribution in [-0.4, -0.2) is 43.3 Å². The van der Waals surface area contributed by atoms with Crippen molar-refractivity contribution < 1.29 is 20.4 Å². The summed E-state index contributed by atoms with van der Waals surface area (Å²) in [6, 6.07) is 0. The van der Waals surface area contributed by atoms with Gasteiger partial charge in [0.05, 0.1) is 22.9 Å². The fourth-order valence-electron chi connectivity index (χ4n) is 3.05. The Hall–Kier alpha value is -0.680. The van der Waals surface area contributed by atoms with Gasteiger partial charge < -0.3 is 20.4 Å². The topological polar surface area (TPSA) is 80.9 Å². The fourth-order valence-corrected chi connectivity index (χ4v) is 3.05. The lowest BCUT2D eigenvalue weighted by Crippen LogP contribution is -2.41. The molecule has 0 heterocycles. The van der Waals surface area contributed by atoms with Gasteiger partial charge in [0.1, 0.15) is 0 Å². The Morgan fingerprint density at radius 2 is 1.54 bits per heavy atom. The minimum Gasteiger partial charge on any atom is -0.390 e. The van der Waals surface area contributed by atoms with Crippen molar-refractivity contribution in [2.75, 3.05) is 0 Å². The molecular formula is C20H36O4. The summed E-state index contributed by atoms with van der Waals surface area (Å²) in [6.07, 6.45) is 8.72. The van der Waals surface area contributed by atoms with E-state index >= 15 is 0 Å². The van der Waals surface area contributed by atoms with Crippen molar-refractivity contribution in [2.45, 2.75) is 89.6 Å². The molecule has 24 heavy (non-hydrogen) atoms. The fraction of sp³-hybridized carbons (Fsp3) is 0.800. The molecule has 0 aromatic heterocycles. The van der Waals surface area contributed by atoms with Crippen LogP contribution >= 0.6 is 0 Å². The summed E-state index contributed by atoms with van der Waals surface area (Å²) in [4.78, 5) is 0. The Kier molecular flexibility index (Phi) is 7.24. The van der Waals surface area contributed by atoms with Crippen LogP contribution in [0.1, 0.15) is 66.7 Å². The Morgan fingerprint density at radius 3 is 2.12 bits per heavy atom. The first-order chi connectivity index (χ1) is 10.8. The number of hydrogen-bond donors (Lipinski definition) is 4. The molecule has 0 aromatic carbocycles. The van der Waals surface area contributed by atoms with Crippen LogP contribution in [0.15, 0.2) is 24.3 Å². The monoisotopic (exact) mass is 340 g/mol. The van der Waals surface area contributed by atoms with E-state index < -0.39 is 22.9 Å². The summed E-state index contributed by atoms with van der Waals surface area (Å²) < 4.78 is 0. The molecule has 0 aromatic rings. The molecule has 0 bridgehead atoms. The standard InChI is InChI=1S/C20H36O4/c1-15(2)16-7-12-18(3,22)10-6-11-19(4,23)13-9-17(21)20(5,24)14-8-16/h6-7,11-12,15-17,21-24H,8-10,13-14H2,1-5H3/b11-6+,12-7+/t16-,17-,18+,19+,20-/m0/s1. The molecule has 4 nitrogen and oxygen atoms in total. The molecule has 0 amide bonds. The van der Waals surface area contributed by atoms with Crippen LogP contribution in [0.2, 0.25) is 0 Å². The third-order valence-corrected chi connectivity index (χ3v) is 5.19. The van der Waals surface area contributed by atoms with Gasteiger partial charge in [-0.25, -0.2) is 0 Å². The van der Waals surface area contributed by atoms with Gasteiger partial charge in [-0.3, -0.25) is 0 Å². The van der Waals surface area contributed by atoms with Crippen LogP contribution in [0.25, 0.3) is 0 Å². The molecule has 0 radical (unpaired) electrons. The Morgan fingerprint density at radius 1 is 0.917 bits per heavy atom. The van der Waals surface area contributed by atoms with Crippen molar-refractivity contribution in [3.05, 3.63) is 24.3 Å². The highest BCUT2D eigenvalue weighted by Crippen LogP contribution is 2.30. The summed E-state index contributed by atoms with van der Waals surface area (Å²) in [7, 11) is 0. The van der Waals surface area contributed by atoms with Crippen LogP contribution in [0.3, 0.4) is 0 Å². The highest BCUT2D eigenvalue weighted by Gasteiger charge is 2.33. The lowest BCUT2D eigenvalue weighted by Gasteiger charge is -2.33. The largest absolute Gasteiger partial charge is 0.390 e. The predicted octanol–water partition coefficient (Wildman–Crippen LogP) is 2.95. The van der Waals surface area contributed by atoms with Gasteiger partial charge in [0, 0.05) is 0 Å². The molecule has 0 unspecified atom stereocenters. The molecule has 4 heteroatoms. The third kappa shape index (κ3) is 7.06. The molecule has 5 atom stereocenters. The van der Waals surface area contributed by atoms with Crippen LogP contribution < -0.4 is 0 Å². The van der Waals surface area contributed by atoms with Gasteiger partial charge in [0.2, 0.25) is 0 Å². The van der Waals surface area contributed by atoms with E-state index in [0.717, 1.165) is 6.42 Å². The second kappa shape index (κ2) is 8.13. The van der Waals surface area contributed by atoms with Gasteiger partial charge in [-0.2, -0.15) is 0 Å². The van der Waals surface area contributed by atoms with Crippen molar-refractivity contribution >= 4 is 0 Å². The van der Waals surface area contributed by atoms with Crippen LogP contribution in [0, 0.1) is 11.8 Å². The first-order valence-electron chi connectivity index (χ1n) is 9.07. The van der Waals surface area contributed by atoms with Gasteiger partial charge in [-0.15, -0.1) is 0 Å². The smallest absolute Gasteiger partial charge is 0.0877 e. The average Bonchev–Trinajstić information content (AvgIpc) is 2.42. The van der Waals surface area contributed by atoms with E-state index in [1.165, 1.54) is 0 Å². The number of aliphatic hydroxyl groups excluding tert-OH is 1. The van der Waals surface area contributed by atoms with Crippen molar-refractivity contribution in [3.8, 4) is 0 Å². The highest BCUT2D eigenvalue weighted by atomic mass is 16.3. The van der Waals surface area contributed by atoms with Gasteiger partial charge in [0.25, 0.3) is 0 Å². The molecule has 0 fully saturated rings. The van der Waals surface area contributed by atoms with Crippen LogP contribution in [0.5, 0.6) is 0 Å². The van der Waals surface area contributed by atoms with E-state index in [-0.39, 0.29) is 5.92 Å². The molecule has 0 saturated heterocycles. The maximum absolute atomic E-state index is 10.6. The normalized spacial score (nSPS) is 45.6. The van der Waals surface area contributed by atoms with Gasteiger partial charge in [-0.05, 0) is 64.7 Å². The zero-order chi connectivity index (χ0) is 18.6. The minimum atomic E-state index is -1.19. The Bertz CT molecular complexity index is 447. The zero-order valence-electron chi connectivity index (χ0n) is 15.9. The van der Waals surface area contributed by atoms with Gasteiger partial charge in [-0.1, -0.05) is 38.2 Å². The van der Waals surface area contributed by atoms with Crippen molar-refractivity contribution in [1.82, 2.24) is 0 Å². The summed E-state index contributed by atoms with van der Waals surface area (Å²) in [5.74, 6) is 0.611. The van der Waals surface area contributed by atoms with Crippen molar-refractivity contribution in [2.24, 2.45) is 11.8 Å². The maximum Gasteiger partial charge on any atom is 0.0877 e. The number of rotatable bonds is 1. The molecular weight excluding hydrogens is 304 g/mol. The number of allylic oxidation sites excluding steroid dienone is 1. The summed E-state index contributed by atoms with van der Waals surface area (Å²) in [5, 5.41) is 41.8. The summed E-state index contributed by atoms with van der Waals surface area (Å²) in [5.41, 5.74) is -3.22. The van der Waals surface area contributed by atoms with E-state index in [0.29, 0.717) is 31.6 Å². The number of hydrogen-bond acceptors (Lipinski definition) is 4. The first kappa shape index (κ1) is 21.4. The SMILES string of the molecule is CC(C)[C@H]1/C=C/[C@](C)(O)C/C=C/[C@@](C)(O)CC[C@H](O)[C@@](C)(O)CC1. The molecule has 0 aliphatic heterocycles. The average molecular weight is 341 g/mol. The molecule has 1 aliphatic rings. The molecule has 1 aliphatic carbocycles. The van der Waals surface area contributed by atoms with Gasteiger partial charge >= 0.3 is 0 Å². The molecule has 4 N–H and O–H groups in total. The molecule has 140 valence electrons. The Labute approximate surface area is 146 Å². The second-order valence-electron chi connectivity index (χ2n) is 8.54. The van der Waals surface area contributed by atoms with E-state index in [2.05, 4.69) is 13.8 Å². The highest BCUT2D eigenvalue weighted by molar-refractivity contribution is 5.08. The Balaban J connectivity index is 3.06. The number of aliphatic hydroxyl groups is 4. The lowest BCUT2D eigenvalue weighted by molar-refractivity contribution is -0.0793. The second-order valence-corrected chi connectivity index (χ2v) is 8.54. The van der Waals surface area contributed by atoms with E-state index in [9.17, 15) is 20.4 Å². The first-order valence-corrected chi connectivity index (χ1v) is 9.07. The van der Waals surface area contributed by atoms with Crippen molar-refractivity contribution in [3.63, 3.8) is 0 Å². The molecule has 0 spiro atoms. The van der Waals surface area contributed by atoms with E-state index in [1.807, 2.05) is 12.2 Å². The predicted molar refractivity (Wildman–Crippen MR) is 97.6 cm³/mol. The summed E-state index contributed by atoms with van der Waals surface area (Å²) >= 11 is 0. The van der Waals surface area contributed by atoms with Crippen LogP contribution in [0.4, 0.5) is 0 Å². The quantitative estimate of drug-likeness (QED) is 0.553. The summed E-state index contributed by atoms with van der Waals surface area (Å²) in [6.45, 7) is 9.33. The maximum atomic E-state index is 10.6. The van der Waals surface area contributed by atoms with Crippen molar-refractivity contribution in [1.29, 1.82) is 0 Å². The van der Waals surface area contributed by atoms with Gasteiger partial charge in [0.15, 0.2) is 0 Å². The third-order valence-electron chi connectivity index (χ3n) is 5.19.